The van der Waals surface area contributed by atoms with Crippen molar-refractivity contribution in [3.63, 3.8) is 0 Å². The third-order valence-electron chi connectivity index (χ3n) is 0.337. The van der Waals surface area contributed by atoms with Crippen molar-refractivity contribution in [1.29, 1.82) is 0 Å². The molecule has 0 aromatic rings. The van der Waals surface area contributed by atoms with Crippen LogP contribution in [0.1, 0.15) is 57.2 Å². The monoisotopic (exact) mass is 483 g/mol. The molecule has 2 amide bonds. The first-order valence-electron chi connectivity index (χ1n) is 5.76. The van der Waals surface area contributed by atoms with E-state index < -0.39 is 6.03 Å². The number of hydrogen-bond acceptors (Lipinski definition) is 1. The molecule has 0 heterocycles. The van der Waals surface area contributed by atoms with Crippen LogP contribution in [0.5, 0.6) is 0 Å². The third-order valence-corrected chi connectivity index (χ3v) is 0.337. The molecular formula is C11H32N2OWY-2. The van der Waals surface area contributed by atoms with Gasteiger partial charge in [0, 0.05) is 55.1 Å². The van der Waals surface area contributed by atoms with E-state index in [4.69, 9.17) is 7.10 Å². The quantitative estimate of drug-likeness (QED) is 0.529. The first-order valence-corrected chi connectivity index (χ1v) is 4.76. The van der Waals surface area contributed by atoms with Gasteiger partial charge in [-0.1, -0.05) is 62.4 Å². The van der Waals surface area contributed by atoms with Crippen molar-refractivity contribution in [2.75, 3.05) is 6.54 Å². The van der Waals surface area contributed by atoms with E-state index in [2.05, 4.69) is 5.32 Å². The maximum Gasteiger partial charge on any atom is 0.150 e. The predicted molar refractivity (Wildman–Crippen MR) is 70.6 cm³/mol. The SMILES string of the molecule is CC.CC.CC.CCNC([NH-])=O.[3H]C.[CH3-].[W].[Y]. The molecule has 0 aliphatic rings. The summed E-state index contributed by atoms with van der Waals surface area (Å²) >= 11 is 0. The summed E-state index contributed by atoms with van der Waals surface area (Å²) in [6.45, 7) is 14.3. The smallest absolute Gasteiger partial charge is 0.150 e. The molecule has 1 radical (unpaired) electrons. The standard InChI is InChI=1S/C3H8N2O.3C2H6.CH4.CH3.W.Y/c1-2-5-3(4)6;3*1-2;;;;/h2H2,1H3,(H3,4,5,6);3*1-2H3;1H4;1H3;;/q;;;;;-1;;/p-1/i;;;;1T;;;. The molecule has 103 valence electrons. The molecule has 0 fully saturated rings. The molecule has 0 unspecified atom stereocenters. The fourth-order valence-corrected chi connectivity index (χ4v) is 0.161. The Kier molecular flexibility index (Phi) is 269. The molecule has 0 aliphatic heterocycles. The number of rotatable bonds is 1. The maximum atomic E-state index is 9.60. The van der Waals surface area contributed by atoms with Gasteiger partial charge in [-0.2, -0.15) is 0 Å². The molecule has 0 aromatic heterocycles. The van der Waals surface area contributed by atoms with Crippen LogP contribution in [0.3, 0.4) is 0 Å². The summed E-state index contributed by atoms with van der Waals surface area (Å²) in [6, 6.07) is -0.711. The Morgan fingerprint density at radius 3 is 1.38 bits per heavy atom. The van der Waals surface area contributed by atoms with Crippen LogP contribution in [0, 0.1) is 7.43 Å². The van der Waals surface area contributed by atoms with Crippen molar-refractivity contribution >= 4 is 6.03 Å². The zero-order valence-electron chi connectivity index (χ0n) is 13.6. The number of hydrogen-bond donors (Lipinski definition) is 1. The molecule has 3 nitrogen and oxygen atoms in total. The van der Waals surface area contributed by atoms with Gasteiger partial charge in [0.05, 0.1) is 0 Å². The number of amides is 2. The largest absolute Gasteiger partial charge is 0.450 e. The van der Waals surface area contributed by atoms with Gasteiger partial charge in [0.25, 0.3) is 0 Å². The van der Waals surface area contributed by atoms with Crippen molar-refractivity contribution < 1.29 is 59.9 Å². The van der Waals surface area contributed by atoms with Crippen molar-refractivity contribution in [2.24, 2.45) is 0 Å². The van der Waals surface area contributed by atoms with Crippen molar-refractivity contribution in [3.05, 3.63) is 13.2 Å². The summed E-state index contributed by atoms with van der Waals surface area (Å²) < 4.78 is 5.75. The van der Waals surface area contributed by atoms with Gasteiger partial charge in [0.2, 0.25) is 0 Å². The van der Waals surface area contributed by atoms with Crippen molar-refractivity contribution in [2.45, 2.75) is 55.9 Å². The van der Waals surface area contributed by atoms with Gasteiger partial charge in [-0.25, -0.2) is 0 Å². The van der Waals surface area contributed by atoms with Gasteiger partial charge in [0.15, 0.2) is 0 Å². The zero-order chi connectivity index (χ0) is 13.0. The van der Waals surface area contributed by atoms with E-state index in [0.29, 0.717) is 6.54 Å². The number of carbonyl (C=O) groups is 1. The van der Waals surface area contributed by atoms with E-state index >= 15 is 0 Å². The molecule has 0 rings (SSSR count). The minimum Gasteiger partial charge on any atom is -0.450 e. The second-order valence-corrected chi connectivity index (χ2v) is 0.859. The van der Waals surface area contributed by atoms with Crippen LogP contribution in [0.15, 0.2) is 0 Å². The summed E-state index contributed by atoms with van der Waals surface area (Å²) in [5.41, 5.74) is 6.23. The Morgan fingerprint density at radius 1 is 1.19 bits per heavy atom. The summed E-state index contributed by atoms with van der Waals surface area (Å²) in [7, 11) is 1.25. The van der Waals surface area contributed by atoms with E-state index in [0.717, 1.165) is 0 Å². The minimum absolute atomic E-state index is 0. The van der Waals surface area contributed by atoms with Crippen LogP contribution in [0.2, 0.25) is 0 Å². The second-order valence-electron chi connectivity index (χ2n) is 0.859. The Morgan fingerprint density at radius 2 is 1.38 bits per heavy atom. The van der Waals surface area contributed by atoms with Gasteiger partial charge in [0.1, 0.15) is 6.03 Å². The van der Waals surface area contributed by atoms with Crippen LogP contribution >= 0.6 is 0 Å². The van der Waals surface area contributed by atoms with Gasteiger partial charge in [-0.05, 0) is 0 Å². The molecule has 0 aromatic carbocycles. The molecule has 0 saturated heterocycles. The van der Waals surface area contributed by atoms with Crippen molar-refractivity contribution in [3.8, 4) is 0 Å². The van der Waals surface area contributed by atoms with E-state index in [1.165, 1.54) is 7.40 Å². The van der Waals surface area contributed by atoms with Crippen LogP contribution < -0.4 is 5.32 Å². The van der Waals surface area contributed by atoms with Crippen LogP contribution in [0.4, 0.5) is 4.79 Å². The summed E-state index contributed by atoms with van der Waals surface area (Å²) in [5.74, 6) is 0. The average Bonchev–Trinajstić information content (AvgIpc) is 2.29. The molecule has 0 bridgehead atoms. The topological polar surface area (TPSA) is 52.9 Å². The normalized spacial score (nSPS) is 4.38. The fourth-order valence-electron chi connectivity index (χ4n) is 0.161. The van der Waals surface area contributed by atoms with Crippen LogP contribution in [-0.4, -0.2) is 12.6 Å². The van der Waals surface area contributed by atoms with E-state index in [9.17, 15) is 4.79 Å². The summed E-state index contributed by atoms with van der Waals surface area (Å²) in [5, 5.41) is 2.24. The Balaban J connectivity index is -0.0000000108. The molecule has 0 aliphatic carbocycles. The summed E-state index contributed by atoms with van der Waals surface area (Å²) in [6.07, 6.45) is 0. The molecule has 5 heteroatoms. The Hall–Kier alpha value is 1.06. The van der Waals surface area contributed by atoms with E-state index in [1.807, 2.05) is 41.5 Å². The average molecular weight is 483 g/mol. The van der Waals surface area contributed by atoms with Gasteiger partial charge < -0.3 is 18.5 Å². The predicted octanol–water partition coefficient (Wildman–Crippen LogP) is 4.93. The Labute approximate surface area is 146 Å². The van der Waals surface area contributed by atoms with Crippen molar-refractivity contribution in [1.82, 2.24) is 5.32 Å². The maximum absolute atomic E-state index is 9.60. The first-order chi connectivity index (χ1) is 6.77. The van der Waals surface area contributed by atoms with Crippen LogP contribution in [0.25, 0.3) is 5.73 Å². The molecule has 0 atom stereocenters. The molecule has 0 saturated carbocycles. The Bertz CT molecular complexity index is 73.4. The zero-order valence-corrected chi connectivity index (χ0v) is 18.4. The number of carbonyl (C=O) groups excluding carboxylic acids is 1. The number of nitrogens with one attached hydrogen (secondary N) is 2. The minimum atomic E-state index is -0.711. The van der Waals surface area contributed by atoms with Crippen LogP contribution in [-0.2, 0) is 53.8 Å². The number of urea groups is 1. The molecular weight excluding hydrogens is 449 g/mol. The van der Waals surface area contributed by atoms with E-state index in [1.54, 1.807) is 6.92 Å². The van der Waals surface area contributed by atoms with Gasteiger partial charge >= 0.3 is 0 Å². The third kappa shape index (κ3) is 180. The van der Waals surface area contributed by atoms with E-state index in [-0.39, 0.29) is 61.2 Å². The molecule has 16 heavy (non-hydrogen) atoms. The summed E-state index contributed by atoms with van der Waals surface area (Å²) in [4.78, 5) is 9.60. The first kappa shape index (κ1) is 43.5. The second kappa shape index (κ2) is 99.2. The molecule has 2 N–H and O–H groups in total. The molecule has 0 spiro atoms. The fraction of sp³-hybridized carbons (Fsp3) is 0.818. The van der Waals surface area contributed by atoms with Gasteiger partial charge in [-0.15, -0.1) is 0 Å². The van der Waals surface area contributed by atoms with Gasteiger partial charge in [-0.3, -0.25) is 4.79 Å².